The number of imidazole rings is 1. The van der Waals surface area contributed by atoms with E-state index < -0.39 is 5.97 Å². The van der Waals surface area contributed by atoms with Crippen LogP contribution in [0.1, 0.15) is 49.5 Å². The lowest BCUT2D eigenvalue weighted by Crippen LogP contribution is -2.10. The third-order valence-corrected chi connectivity index (χ3v) is 4.40. The molecule has 0 unspecified atom stereocenters. The van der Waals surface area contributed by atoms with Crippen LogP contribution in [0, 0.1) is 0 Å². The summed E-state index contributed by atoms with van der Waals surface area (Å²) in [7, 11) is 1.95. The highest BCUT2D eigenvalue weighted by atomic mass is 79.9. The fourth-order valence-electron chi connectivity index (χ4n) is 2.54. The van der Waals surface area contributed by atoms with Gasteiger partial charge in [0.15, 0.2) is 0 Å². The number of carbonyl (C=O) groups is 1. The van der Waals surface area contributed by atoms with Gasteiger partial charge in [0.2, 0.25) is 0 Å². The maximum absolute atomic E-state index is 10.7. The molecule has 4 nitrogen and oxygen atoms in total. The molecular weight excluding hydrogens is 284 g/mol. The summed E-state index contributed by atoms with van der Waals surface area (Å²) in [4.78, 5) is 15.3. The van der Waals surface area contributed by atoms with Crippen LogP contribution >= 0.6 is 15.9 Å². The second kappa shape index (κ2) is 5.21. The SMILES string of the molecule is Cn1c(C2CCCCC2)nc(CC(=O)O)c1Br. The lowest BCUT2D eigenvalue weighted by molar-refractivity contribution is -0.136. The number of halogens is 1. The van der Waals surface area contributed by atoms with E-state index in [1.165, 1.54) is 32.1 Å². The van der Waals surface area contributed by atoms with Gasteiger partial charge in [-0.1, -0.05) is 19.3 Å². The summed E-state index contributed by atoms with van der Waals surface area (Å²) in [6, 6.07) is 0. The van der Waals surface area contributed by atoms with Crippen molar-refractivity contribution < 1.29 is 9.90 Å². The molecule has 1 heterocycles. The van der Waals surface area contributed by atoms with E-state index in [0.29, 0.717) is 11.6 Å². The molecule has 94 valence electrons. The first-order valence-electron chi connectivity index (χ1n) is 6.02. The van der Waals surface area contributed by atoms with Crippen LogP contribution in [0.2, 0.25) is 0 Å². The Balaban J connectivity index is 2.25. The predicted octanol–water partition coefficient (Wildman–Crippen LogP) is 2.86. The van der Waals surface area contributed by atoms with E-state index in [2.05, 4.69) is 20.9 Å². The van der Waals surface area contributed by atoms with Crippen molar-refractivity contribution in [1.82, 2.24) is 9.55 Å². The second-order valence-electron chi connectivity index (χ2n) is 4.67. The number of hydrogen-bond donors (Lipinski definition) is 1. The molecule has 1 saturated carbocycles. The number of aliphatic carboxylic acids is 1. The lowest BCUT2D eigenvalue weighted by Gasteiger charge is -2.21. The first kappa shape index (κ1) is 12.6. The zero-order valence-corrected chi connectivity index (χ0v) is 11.5. The molecule has 1 N–H and O–H groups in total. The summed E-state index contributed by atoms with van der Waals surface area (Å²) in [5.74, 6) is 0.694. The topological polar surface area (TPSA) is 55.1 Å². The Morgan fingerprint density at radius 3 is 2.71 bits per heavy atom. The number of hydrogen-bond acceptors (Lipinski definition) is 2. The standard InChI is InChI=1S/C12H17BrN2O2/c1-15-11(13)9(7-10(16)17)14-12(15)8-5-3-2-4-6-8/h8H,2-7H2,1H3,(H,16,17). The van der Waals surface area contributed by atoms with E-state index in [1.807, 2.05) is 11.6 Å². The molecule has 0 atom stereocenters. The Morgan fingerprint density at radius 1 is 1.47 bits per heavy atom. The highest BCUT2D eigenvalue weighted by Crippen LogP contribution is 2.33. The summed E-state index contributed by atoms with van der Waals surface area (Å²) in [6.07, 6.45) is 6.14. The van der Waals surface area contributed by atoms with Gasteiger partial charge in [0, 0.05) is 13.0 Å². The van der Waals surface area contributed by atoms with Crippen LogP contribution in [0.3, 0.4) is 0 Å². The molecule has 0 aliphatic heterocycles. The Kier molecular flexibility index (Phi) is 3.86. The van der Waals surface area contributed by atoms with Crippen molar-refractivity contribution in [2.24, 2.45) is 7.05 Å². The second-order valence-corrected chi connectivity index (χ2v) is 5.42. The van der Waals surface area contributed by atoms with Gasteiger partial charge in [-0.2, -0.15) is 0 Å². The highest BCUT2D eigenvalue weighted by Gasteiger charge is 2.23. The number of carboxylic acid groups (broad SMARTS) is 1. The van der Waals surface area contributed by atoms with Crippen molar-refractivity contribution in [3.8, 4) is 0 Å². The molecule has 0 aromatic carbocycles. The molecule has 5 heteroatoms. The van der Waals surface area contributed by atoms with Crippen molar-refractivity contribution in [3.63, 3.8) is 0 Å². The van der Waals surface area contributed by atoms with E-state index >= 15 is 0 Å². The van der Waals surface area contributed by atoms with Crippen molar-refractivity contribution in [2.75, 3.05) is 0 Å². The average molecular weight is 301 g/mol. The Labute approximate surface area is 109 Å². The lowest BCUT2D eigenvalue weighted by atomic mass is 9.89. The minimum absolute atomic E-state index is 0.0128. The molecule has 0 amide bonds. The van der Waals surface area contributed by atoms with E-state index in [-0.39, 0.29) is 6.42 Å². The average Bonchev–Trinajstić information content (AvgIpc) is 2.58. The van der Waals surface area contributed by atoms with Gasteiger partial charge in [-0.05, 0) is 28.8 Å². The minimum Gasteiger partial charge on any atom is -0.481 e. The van der Waals surface area contributed by atoms with Gasteiger partial charge in [0.25, 0.3) is 0 Å². The molecule has 0 bridgehead atoms. The van der Waals surface area contributed by atoms with E-state index in [1.54, 1.807) is 0 Å². The van der Waals surface area contributed by atoms with Gasteiger partial charge in [-0.3, -0.25) is 4.79 Å². The molecule has 0 spiro atoms. The molecule has 1 fully saturated rings. The first-order chi connectivity index (χ1) is 8.09. The largest absolute Gasteiger partial charge is 0.481 e. The van der Waals surface area contributed by atoms with Gasteiger partial charge in [0.1, 0.15) is 10.4 Å². The van der Waals surface area contributed by atoms with Crippen LogP contribution in [0.25, 0.3) is 0 Å². The number of rotatable bonds is 3. The van der Waals surface area contributed by atoms with Crippen LogP contribution in [-0.2, 0) is 18.3 Å². The number of aromatic nitrogens is 2. The Hall–Kier alpha value is -0.840. The van der Waals surface area contributed by atoms with Crippen molar-refractivity contribution in [1.29, 1.82) is 0 Å². The van der Waals surface area contributed by atoms with Gasteiger partial charge < -0.3 is 9.67 Å². The monoisotopic (exact) mass is 300 g/mol. The third-order valence-electron chi connectivity index (χ3n) is 3.41. The molecule has 1 aliphatic rings. The van der Waals surface area contributed by atoms with Gasteiger partial charge >= 0.3 is 5.97 Å². The molecule has 0 saturated heterocycles. The summed E-state index contributed by atoms with van der Waals surface area (Å²) in [5.41, 5.74) is 0.639. The van der Waals surface area contributed by atoms with E-state index in [0.717, 1.165) is 10.4 Å². The van der Waals surface area contributed by atoms with Crippen LogP contribution in [0.4, 0.5) is 0 Å². The fraction of sp³-hybridized carbons (Fsp3) is 0.667. The van der Waals surface area contributed by atoms with Gasteiger partial charge in [0.05, 0.1) is 12.1 Å². The van der Waals surface area contributed by atoms with Crippen LogP contribution in [0.5, 0.6) is 0 Å². The van der Waals surface area contributed by atoms with Crippen molar-refractivity contribution in [2.45, 2.75) is 44.4 Å². The third kappa shape index (κ3) is 2.70. The number of carboxylic acids is 1. The molecule has 17 heavy (non-hydrogen) atoms. The van der Waals surface area contributed by atoms with Crippen molar-refractivity contribution in [3.05, 3.63) is 16.1 Å². The smallest absolute Gasteiger partial charge is 0.309 e. The predicted molar refractivity (Wildman–Crippen MR) is 68.1 cm³/mol. The molecule has 2 rings (SSSR count). The van der Waals surface area contributed by atoms with Gasteiger partial charge in [-0.25, -0.2) is 4.98 Å². The fourth-order valence-corrected chi connectivity index (χ4v) is 2.95. The van der Waals surface area contributed by atoms with Crippen LogP contribution in [0.15, 0.2) is 4.60 Å². The molecule has 0 radical (unpaired) electrons. The van der Waals surface area contributed by atoms with E-state index in [4.69, 9.17) is 5.11 Å². The first-order valence-corrected chi connectivity index (χ1v) is 6.81. The number of nitrogens with zero attached hydrogens (tertiary/aromatic N) is 2. The van der Waals surface area contributed by atoms with E-state index in [9.17, 15) is 4.79 Å². The minimum atomic E-state index is -0.834. The molecule has 1 aliphatic carbocycles. The zero-order chi connectivity index (χ0) is 12.4. The Bertz CT molecular complexity index is 422. The van der Waals surface area contributed by atoms with Crippen LogP contribution < -0.4 is 0 Å². The molecule has 1 aromatic heterocycles. The summed E-state index contributed by atoms with van der Waals surface area (Å²) in [5, 5.41) is 8.83. The maximum Gasteiger partial charge on any atom is 0.309 e. The highest BCUT2D eigenvalue weighted by molar-refractivity contribution is 9.10. The summed E-state index contributed by atoms with van der Waals surface area (Å²) in [6.45, 7) is 0. The summed E-state index contributed by atoms with van der Waals surface area (Å²) >= 11 is 3.43. The quantitative estimate of drug-likeness (QED) is 0.934. The zero-order valence-electron chi connectivity index (χ0n) is 9.95. The van der Waals surface area contributed by atoms with Gasteiger partial charge in [-0.15, -0.1) is 0 Å². The maximum atomic E-state index is 10.7. The summed E-state index contributed by atoms with van der Waals surface area (Å²) < 4.78 is 2.80. The van der Waals surface area contributed by atoms with Crippen LogP contribution in [-0.4, -0.2) is 20.6 Å². The Morgan fingerprint density at radius 2 is 2.12 bits per heavy atom. The van der Waals surface area contributed by atoms with Crippen molar-refractivity contribution >= 4 is 21.9 Å². The molecular formula is C12H17BrN2O2. The normalized spacial score (nSPS) is 17.3. The molecule has 1 aromatic rings.